The van der Waals surface area contributed by atoms with Gasteiger partial charge in [0.05, 0.1) is 5.92 Å². The third kappa shape index (κ3) is 4.75. The second kappa shape index (κ2) is 7.30. The van der Waals surface area contributed by atoms with Crippen LogP contribution in [0.1, 0.15) is 51.9 Å². The van der Waals surface area contributed by atoms with E-state index in [-0.39, 0.29) is 11.8 Å². The molecule has 0 aliphatic carbocycles. The lowest BCUT2D eigenvalue weighted by Gasteiger charge is -2.30. The van der Waals surface area contributed by atoms with Crippen molar-refractivity contribution in [3.05, 3.63) is 0 Å². The molecule has 1 rings (SSSR count). The Kier molecular flexibility index (Phi) is 6.01. The van der Waals surface area contributed by atoms with Crippen LogP contribution in [0.4, 0.5) is 0 Å². The molecule has 1 fully saturated rings. The minimum absolute atomic E-state index is 0.199. The lowest BCUT2D eigenvalue weighted by atomic mass is 9.97. The Bertz CT molecular complexity index is 257. The lowest BCUT2D eigenvalue weighted by molar-refractivity contribution is -0.145. The van der Waals surface area contributed by atoms with Gasteiger partial charge in [-0.1, -0.05) is 26.2 Å². The molecule has 1 N–H and O–H groups in total. The van der Waals surface area contributed by atoms with Gasteiger partial charge in [-0.05, 0) is 19.3 Å². The van der Waals surface area contributed by atoms with Crippen molar-refractivity contribution >= 4 is 11.9 Å². The number of carbonyl (C=O) groups is 2. The molecule has 0 spiro atoms. The second-order valence-corrected chi connectivity index (χ2v) is 4.80. The first-order chi connectivity index (χ1) is 8.15. The normalized spacial score (nSPS) is 17.1. The number of carboxylic acid groups (broad SMARTS) is 1. The number of carboxylic acids is 1. The molecule has 1 aliphatic rings. The SMILES string of the molecule is CCCCCCC(=O)N1CCC(C(=O)O)CC1. The number of aliphatic carboxylic acids is 1. The van der Waals surface area contributed by atoms with E-state index >= 15 is 0 Å². The molecular formula is C13H23NO3. The molecule has 0 aromatic carbocycles. The molecule has 0 atom stereocenters. The van der Waals surface area contributed by atoms with Gasteiger partial charge >= 0.3 is 5.97 Å². The molecule has 0 radical (unpaired) electrons. The van der Waals surface area contributed by atoms with E-state index in [1.54, 1.807) is 0 Å². The predicted octanol–water partition coefficient (Wildman–Crippen LogP) is 2.28. The maximum atomic E-state index is 11.8. The first kappa shape index (κ1) is 14.0. The molecule has 17 heavy (non-hydrogen) atoms. The number of likely N-dealkylation sites (tertiary alicyclic amines) is 1. The van der Waals surface area contributed by atoms with E-state index in [1.807, 2.05) is 4.90 Å². The average Bonchev–Trinajstić information content (AvgIpc) is 2.34. The summed E-state index contributed by atoms with van der Waals surface area (Å²) in [4.78, 5) is 24.4. The van der Waals surface area contributed by atoms with Crippen LogP contribution in [0.25, 0.3) is 0 Å². The van der Waals surface area contributed by atoms with Gasteiger partial charge in [0.15, 0.2) is 0 Å². The Balaban J connectivity index is 2.19. The summed E-state index contributed by atoms with van der Waals surface area (Å²) in [5.41, 5.74) is 0. The maximum absolute atomic E-state index is 11.8. The van der Waals surface area contributed by atoms with Crippen LogP contribution in [0.2, 0.25) is 0 Å². The number of carbonyl (C=O) groups excluding carboxylic acids is 1. The van der Waals surface area contributed by atoms with Crippen molar-refractivity contribution < 1.29 is 14.7 Å². The molecule has 0 aromatic rings. The van der Waals surface area contributed by atoms with Crippen molar-refractivity contribution in [1.29, 1.82) is 0 Å². The molecule has 98 valence electrons. The molecule has 1 saturated heterocycles. The minimum atomic E-state index is -0.722. The largest absolute Gasteiger partial charge is 0.481 e. The molecule has 0 aromatic heterocycles. The highest BCUT2D eigenvalue weighted by atomic mass is 16.4. The van der Waals surface area contributed by atoms with E-state index in [2.05, 4.69) is 6.92 Å². The van der Waals surface area contributed by atoms with Crippen LogP contribution in [0.3, 0.4) is 0 Å². The molecule has 0 bridgehead atoms. The van der Waals surface area contributed by atoms with Gasteiger partial charge < -0.3 is 10.0 Å². The highest BCUT2D eigenvalue weighted by Gasteiger charge is 2.26. The van der Waals surface area contributed by atoms with Gasteiger partial charge in [-0.2, -0.15) is 0 Å². The van der Waals surface area contributed by atoms with Crippen molar-refractivity contribution in [2.45, 2.75) is 51.9 Å². The van der Waals surface area contributed by atoms with Gasteiger partial charge in [0.25, 0.3) is 0 Å². The minimum Gasteiger partial charge on any atom is -0.481 e. The number of rotatable bonds is 6. The summed E-state index contributed by atoms with van der Waals surface area (Å²) in [6, 6.07) is 0. The fourth-order valence-electron chi connectivity index (χ4n) is 2.24. The quantitative estimate of drug-likeness (QED) is 0.726. The zero-order chi connectivity index (χ0) is 12.7. The van der Waals surface area contributed by atoms with Crippen molar-refractivity contribution in [2.75, 3.05) is 13.1 Å². The molecule has 0 unspecified atom stereocenters. The van der Waals surface area contributed by atoms with E-state index in [0.29, 0.717) is 32.4 Å². The van der Waals surface area contributed by atoms with Crippen LogP contribution in [0, 0.1) is 5.92 Å². The van der Waals surface area contributed by atoms with Crippen molar-refractivity contribution in [1.82, 2.24) is 4.90 Å². The number of hydrogen-bond acceptors (Lipinski definition) is 2. The van der Waals surface area contributed by atoms with Crippen molar-refractivity contribution in [3.63, 3.8) is 0 Å². The van der Waals surface area contributed by atoms with Crippen LogP contribution in [0.15, 0.2) is 0 Å². The standard InChI is InChI=1S/C13H23NO3/c1-2-3-4-5-6-12(15)14-9-7-11(8-10-14)13(16)17/h11H,2-10H2,1H3,(H,16,17). The summed E-state index contributed by atoms with van der Waals surface area (Å²) in [5, 5.41) is 8.86. The monoisotopic (exact) mass is 241 g/mol. The van der Waals surface area contributed by atoms with E-state index in [1.165, 1.54) is 12.8 Å². The van der Waals surface area contributed by atoms with Crippen molar-refractivity contribution in [3.8, 4) is 0 Å². The zero-order valence-electron chi connectivity index (χ0n) is 10.7. The van der Waals surface area contributed by atoms with Crippen molar-refractivity contribution in [2.24, 2.45) is 5.92 Å². The highest BCUT2D eigenvalue weighted by molar-refractivity contribution is 5.77. The van der Waals surface area contributed by atoms with Crippen LogP contribution in [-0.4, -0.2) is 35.0 Å². The Hall–Kier alpha value is -1.06. The molecule has 1 heterocycles. The molecule has 0 saturated carbocycles. The summed E-state index contributed by atoms with van der Waals surface area (Å²) in [6.07, 6.45) is 6.29. The average molecular weight is 241 g/mol. The van der Waals surface area contributed by atoms with Crippen LogP contribution in [0.5, 0.6) is 0 Å². The molecule has 1 aliphatic heterocycles. The van der Waals surface area contributed by atoms with E-state index in [0.717, 1.165) is 12.8 Å². The van der Waals surface area contributed by atoms with Gasteiger partial charge in [-0.25, -0.2) is 0 Å². The summed E-state index contributed by atoms with van der Waals surface area (Å²) in [5.74, 6) is -0.774. The molecule has 4 heteroatoms. The number of piperidine rings is 1. The predicted molar refractivity (Wildman–Crippen MR) is 65.7 cm³/mol. The second-order valence-electron chi connectivity index (χ2n) is 4.80. The highest BCUT2D eigenvalue weighted by Crippen LogP contribution is 2.18. The molecule has 1 amide bonds. The number of amides is 1. The van der Waals surface area contributed by atoms with Crippen LogP contribution >= 0.6 is 0 Å². The summed E-state index contributed by atoms with van der Waals surface area (Å²) >= 11 is 0. The van der Waals surface area contributed by atoms with E-state index in [4.69, 9.17) is 5.11 Å². The first-order valence-electron chi connectivity index (χ1n) is 6.65. The van der Waals surface area contributed by atoms with Gasteiger partial charge in [-0.15, -0.1) is 0 Å². The van der Waals surface area contributed by atoms with Gasteiger partial charge in [0.1, 0.15) is 0 Å². The maximum Gasteiger partial charge on any atom is 0.306 e. The Morgan fingerprint density at radius 1 is 1.18 bits per heavy atom. The van der Waals surface area contributed by atoms with Gasteiger partial charge in [0.2, 0.25) is 5.91 Å². The smallest absolute Gasteiger partial charge is 0.306 e. The van der Waals surface area contributed by atoms with Gasteiger partial charge in [-0.3, -0.25) is 9.59 Å². The first-order valence-corrected chi connectivity index (χ1v) is 6.65. The number of hydrogen-bond donors (Lipinski definition) is 1. The zero-order valence-corrected chi connectivity index (χ0v) is 10.7. The fourth-order valence-corrected chi connectivity index (χ4v) is 2.24. The number of nitrogens with zero attached hydrogens (tertiary/aromatic N) is 1. The number of unbranched alkanes of at least 4 members (excludes halogenated alkanes) is 3. The Labute approximate surface area is 103 Å². The Morgan fingerprint density at radius 2 is 1.82 bits per heavy atom. The topological polar surface area (TPSA) is 57.6 Å². The molecule has 4 nitrogen and oxygen atoms in total. The molecular weight excluding hydrogens is 218 g/mol. The van der Waals surface area contributed by atoms with Crippen LogP contribution < -0.4 is 0 Å². The summed E-state index contributed by atoms with van der Waals surface area (Å²) in [6.45, 7) is 3.38. The van der Waals surface area contributed by atoms with E-state index in [9.17, 15) is 9.59 Å². The summed E-state index contributed by atoms with van der Waals surface area (Å²) in [7, 11) is 0. The van der Waals surface area contributed by atoms with Gasteiger partial charge in [0, 0.05) is 19.5 Å². The summed E-state index contributed by atoms with van der Waals surface area (Å²) < 4.78 is 0. The lowest BCUT2D eigenvalue weighted by Crippen LogP contribution is -2.40. The van der Waals surface area contributed by atoms with E-state index < -0.39 is 5.97 Å². The Morgan fingerprint density at radius 3 is 2.35 bits per heavy atom. The third-order valence-electron chi connectivity index (χ3n) is 3.44. The fraction of sp³-hybridized carbons (Fsp3) is 0.846. The van der Waals surface area contributed by atoms with Crippen LogP contribution in [-0.2, 0) is 9.59 Å². The third-order valence-corrected chi connectivity index (χ3v) is 3.44.